The van der Waals surface area contributed by atoms with Crippen molar-refractivity contribution in [2.45, 2.75) is 26.2 Å². The monoisotopic (exact) mass is 212 g/mol. The molecule has 0 amide bonds. The average Bonchev–Trinajstić information content (AvgIpc) is 2.39. The fourth-order valence-electron chi connectivity index (χ4n) is 1.76. The van der Waals surface area contributed by atoms with Gasteiger partial charge < -0.3 is 0 Å². The first kappa shape index (κ1) is 10.8. The summed E-state index contributed by atoms with van der Waals surface area (Å²) < 4.78 is 0. The van der Waals surface area contributed by atoms with Gasteiger partial charge in [0, 0.05) is 29.7 Å². The van der Waals surface area contributed by atoms with Gasteiger partial charge in [0.2, 0.25) is 0 Å². The lowest BCUT2D eigenvalue weighted by atomic mass is 9.97. The van der Waals surface area contributed by atoms with Crippen molar-refractivity contribution in [3.05, 3.63) is 59.7 Å². The van der Waals surface area contributed by atoms with E-state index in [1.807, 2.05) is 24.5 Å². The molecule has 2 heteroatoms. The molecule has 0 fully saturated rings. The zero-order valence-corrected chi connectivity index (χ0v) is 9.72. The normalized spacial score (nSPS) is 12.4. The van der Waals surface area contributed by atoms with Gasteiger partial charge in [-0.3, -0.25) is 9.97 Å². The Hall–Kier alpha value is -1.70. The van der Waals surface area contributed by atoms with Gasteiger partial charge in [0.15, 0.2) is 0 Å². The summed E-state index contributed by atoms with van der Waals surface area (Å²) in [6.45, 7) is 4.30. The zero-order valence-electron chi connectivity index (χ0n) is 9.72. The number of hydrogen-bond acceptors (Lipinski definition) is 2. The van der Waals surface area contributed by atoms with E-state index in [1.54, 1.807) is 0 Å². The van der Waals surface area contributed by atoms with Crippen LogP contribution in [0, 0.1) is 0 Å². The van der Waals surface area contributed by atoms with Crippen molar-refractivity contribution in [1.29, 1.82) is 0 Å². The van der Waals surface area contributed by atoms with E-state index in [9.17, 15) is 0 Å². The molecule has 2 aromatic heterocycles. The molecule has 0 saturated heterocycles. The standard InChI is InChI=1S/C14H16N2/c1-3-13-10-12(7-9-15-13)11(2)14-6-4-5-8-16-14/h4-11H,3H2,1-2H3. The Morgan fingerprint density at radius 3 is 2.69 bits per heavy atom. The van der Waals surface area contributed by atoms with Crippen LogP contribution in [0.1, 0.15) is 36.7 Å². The summed E-state index contributed by atoms with van der Waals surface area (Å²) in [6, 6.07) is 10.3. The van der Waals surface area contributed by atoms with Crippen LogP contribution in [0.15, 0.2) is 42.7 Å². The molecule has 0 saturated carbocycles. The van der Waals surface area contributed by atoms with Gasteiger partial charge in [-0.15, -0.1) is 0 Å². The van der Waals surface area contributed by atoms with Gasteiger partial charge in [-0.1, -0.05) is 19.9 Å². The number of rotatable bonds is 3. The van der Waals surface area contributed by atoms with Gasteiger partial charge in [-0.25, -0.2) is 0 Å². The first-order chi connectivity index (χ1) is 7.81. The Bertz CT molecular complexity index is 451. The van der Waals surface area contributed by atoms with Crippen molar-refractivity contribution >= 4 is 0 Å². The van der Waals surface area contributed by atoms with Crippen molar-refractivity contribution in [3.63, 3.8) is 0 Å². The van der Waals surface area contributed by atoms with Crippen molar-refractivity contribution < 1.29 is 0 Å². The van der Waals surface area contributed by atoms with Crippen molar-refractivity contribution in [1.82, 2.24) is 9.97 Å². The summed E-state index contributed by atoms with van der Waals surface area (Å²) in [4.78, 5) is 8.70. The zero-order chi connectivity index (χ0) is 11.4. The molecule has 0 aromatic carbocycles. The van der Waals surface area contributed by atoms with Crippen LogP contribution in [0.2, 0.25) is 0 Å². The fraction of sp³-hybridized carbons (Fsp3) is 0.286. The first-order valence-electron chi connectivity index (χ1n) is 5.67. The van der Waals surface area contributed by atoms with Crippen LogP contribution in [-0.4, -0.2) is 9.97 Å². The van der Waals surface area contributed by atoms with E-state index < -0.39 is 0 Å². The lowest BCUT2D eigenvalue weighted by Crippen LogP contribution is -2.00. The SMILES string of the molecule is CCc1cc(C(C)c2ccccn2)ccn1. The van der Waals surface area contributed by atoms with E-state index in [0.717, 1.165) is 17.8 Å². The van der Waals surface area contributed by atoms with Gasteiger partial charge in [0.25, 0.3) is 0 Å². The second-order valence-electron chi connectivity index (χ2n) is 3.91. The highest BCUT2D eigenvalue weighted by Gasteiger charge is 2.09. The number of pyridine rings is 2. The van der Waals surface area contributed by atoms with E-state index in [1.165, 1.54) is 5.56 Å². The molecule has 0 aliphatic carbocycles. The van der Waals surface area contributed by atoms with Crippen LogP contribution < -0.4 is 0 Å². The molecule has 16 heavy (non-hydrogen) atoms. The smallest absolute Gasteiger partial charge is 0.0475 e. The minimum absolute atomic E-state index is 0.328. The first-order valence-corrected chi connectivity index (χ1v) is 5.67. The summed E-state index contributed by atoms with van der Waals surface area (Å²) in [7, 11) is 0. The number of nitrogens with zero attached hydrogens (tertiary/aromatic N) is 2. The van der Waals surface area contributed by atoms with Gasteiger partial charge in [-0.05, 0) is 36.2 Å². The molecule has 1 atom stereocenters. The Balaban J connectivity index is 2.30. The van der Waals surface area contributed by atoms with Crippen LogP contribution in [0.25, 0.3) is 0 Å². The van der Waals surface area contributed by atoms with Gasteiger partial charge in [0.05, 0.1) is 0 Å². The average molecular weight is 212 g/mol. The van der Waals surface area contributed by atoms with E-state index in [4.69, 9.17) is 0 Å². The highest BCUT2D eigenvalue weighted by atomic mass is 14.7. The Kier molecular flexibility index (Phi) is 3.30. The third-order valence-electron chi connectivity index (χ3n) is 2.83. The van der Waals surface area contributed by atoms with Crippen molar-refractivity contribution in [3.8, 4) is 0 Å². The van der Waals surface area contributed by atoms with Gasteiger partial charge >= 0.3 is 0 Å². The number of aryl methyl sites for hydroxylation is 1. The number of aromatic nitrogens is 2. The maximum Gasteiger partial charge on any atom is 0.0475 e. The van der Waals surface area contributed by atoms with E-state index >= 15 is 0 Å². The molecule has 2 aromatic rings. The fourth-order valence-corrected chi connectivity index (χ4v) is 1.76. The molecular weight excluding hydrogens is 196 g/mol. The molecule has 0 spiro atoms. The lowest BCUT2D eigenvalue weighted by molar-refractivity contribution is 0.860. The van der Waals surface area contributed by atoms with Crippen LogP contribution in [0.5, 0.6) is 0 Å². The molecular formula is C14H16N2. The van der Waals surface area contributed by atoms with Crippen LogP contribution in [0.4, 0.5) is 0 Å². The molecule has 0 radical (unpaired) electrons. The second-order valence-corrected chi connectivity index (χ2v) is 3.91. The Morgan fingerprint density at radius 2 is 2.00 bits per heavy atom. The molecule has 2 heterocycles. The van der Waals surface area contributed by atoms with Gasteiger partial charge in [0.1, 0.15) is 0 Å². The molecule has 1 unspecified atom stereocenters. The maximum absolute atomic E-state index is 4.39. The highest BCUT2D eigenvalue weighted by molar-refractivity contribution is 5.27. The predicted octanol–water partition coefficient (Wildman–Crippen LogP) is 3.19. The summed E-state index contributed by atoms with van der Waals surface area (Å²) in [6.07, 6.45) is 4.70. The molecule has 0 aliphatic rings. The molecule has 2 nitrogen and oxygen atoms in total. The van der Waals surface area contributed by atoms with Crippen LogP contribution >= 0.6 is 0 Å². The Labute approximate surface area is 96.4 Å². The third-order valence-corrected chi connectivity index (χ3v) is 2.83. The highest BCUT2D eigenvalue weighted by Crippen LogP contribution is 2.22. The molecule has 2 rings (SSSR count). The van der Waals surface area contributed by atoms with Crippen molar-refractivity contribution in [2.75, 3.05) is 0 Å². The topological polar surface area (TPSA) is 25.8 Å². The largest absolute Gasteiger partial charge is 0.261 e. The summed E-state index contributed by atoms with van der Waals surface area (Å²) in [5, 5.41) is 0. The number of hydrogen-bond donors (Lipinski definition) is 0. The minimum atomic E-state index is 0.328. The van der Waals surface area contributed by atoms with E-state index in [0.29, 0.717) is 5.92 Å². The summed E-state index contributed by atoms with van der Waals surface area (Å²) in [5.74, 6) is 0.328. The second kappa shape index (κ2) is 4.88. The molecule has 0 N–H and O–H groups in total. The Morgan fingerprint density at radius 1 is 1.12 bits per heavy atom. The van der Waals surface area contributed by atoms with E-state index in [2.05, 4.69) is 42.0 Å². The van der Waals surface area contributed by atoms with Crippen LogP contribution in [0.3, 0.4) is 0 Å². The van der Waals surface area contributed by atoms with E-state index in [-0.39, 0.29) is 0 Å². The third kappa shape index (κ3) is 2.27. The predicted molar refractivity (Wildman–Crippen MR) is 65.4 cm³/mol. The minimum Gasteiger partial charge on any atom is -0.261 e. The quantitative estimate of drug-likeness (QED) is 0.780. The van der Waals surface area contributed by atoms with Crippen molar-refractivity contribution in [2.24, 2.45) is 0 Å². The molecule has 82 valence electrons. The summed E-state index contributed by atoms with van der Waals surface area (Å²) in [5.41, 5.74) is 3.53. The summed E-state index contributed by atoms with van der Waals surface area (Å²) >= 11 is 0. The molecule has 0 bridgehead atoms. The lowest BCUT2D eigenvalue weighted by Gasteiger charge is -2.11. The van der Waals surface area contributed by atoms with Crippen LogP contribution in [-0.2, 0) is 6.42 Å². The maximum atomic E-state index is 4.39. The van der Waals surface area contributed by atoms with Gasteiger partial charge in [-0.2, -0.15) is 0 Å². The molecule has 0 aliphatic heterocycles.